The predicted molar refractivity (Wildman–Crippen MR) is 78.1 cm³/mol. The average Bonchev–Trinajstić information content (AvgIpc) is 3.15. The fourth-order valence-electron chi connectivity index (χ4n) is 3.28. The van der Waals surface area contributed by atoms with E-state index in [1.54, 1.807) is 6.08 Å². The lowest BCUT2D eigenvalue weighted by atomic mass is 9.95. The Kier molecular flexibility index (Phi) is 3.88. The molecule has 3 rings (SSSR count). The molecule has 2 fully saturated rings. The highest BCUT2D eigenvalue weighted by Crippen LogP contribution is 2.44. The highest BCUT2D eigenvalue weighted by molar-refractivity contribution is 5.83. The third kappa shape index (κ3) is 2.78. The molecule has 1 aromatic rings. The van der Waals surface area contributed by atoms with Crippen molar-refractivity contribution in [1.29, 1.82) is 0 Å². The molecule has 0 aromatic heterocycles. The maximum Gasteiger partial charge on any atom is 0.330 e. The summed E-state index contributed by atoms with van der Waals surface area (Å²) in [5, 5.41) is 0. The van der Waals surface area contributed by atoms with Gasteiger partial charge in [0.1, 0.15) is 0 Å². The van der Waals surface area contributed by atoms with Crippen molar-refractivity contribution in [1.82, 2.24) is 4.90 Å². The molecule has 3 atom stereocenters. The molecule has 1 aromatic carbocycles. The first-order valence-corrected chi connectivity index (χ1v) is 7.46. The van der Waals surface area contributed by atoms with E-state index in [1.165, 1.54) is 24.0 Å². The van der Waals surface area contributed by atoms with Gasteiger partial charge in [0.15, 0.2) is 0 Å². The van der Waals surface area contributed by atoms with Crippen molar-refractivity contribution in [3.63, 3.8) is 0 Å². The summed E-state index contributed by atoms with van der Waals surface area (Å²) in [5.74, 6) is -0.185. The highest BCUT2D eigenvalue weighted by atomic mass is 16.5. The maximum absolute atomic E-state index is 11.6. The Morgan fingerprint density at radius 1 is 1.40 bits per heavy atom. The van der Waals surface area contributed by atoms with Crippen molar-refractivity contribution in [2.24, 2.45) is 0 Å². The molecule has 2 aliphatic rings. The van der Waals surface area contributed by atoms with Crippen LogP contribution in [-0.4, -0.2) is 29.6 Å². The summed E-state index contributed by atoms with van der Waals surface area (Å²) in [4.78, 5) is 14.1. The Bertz CT molecular complexity index is 509. The monoisotopic (exact) mass is 271 g/mol. The Hall–Kier alpha value is -1.61. The van der Waals surface area contributed by atoms with E-state index in [0.29, 0.717) is 18.7 Å². The molecule has 0 N–H and O–H groups in total. The van der Waals surface area contributed by atoms with E-state index < -0.39 is 0 Å². The van der Waals surface area contributed by atoms with Crippen LogP contribution in [0, 0.1) is 0 Å². The Balaban J connectivity index is 1.67. The second-order valence-electron chi connectivity index (χ2n) is 5.53. The van der Waals surface area contributed by atoms with E-state index in [1.807, 2.05) is 13.0 Å². The molecule has 20 heavy (non-hydrogen) atoms. The minimum Gasteiger partial charge on any atom is -0.463 e. The summed E-state index contributed by atoms with van der Waals surface area (Å²) in [6, 6.07) is 11.6. The van der Waals surface area contributed by atoms with Gasteiger partial charge in [-0.25, -0.2) is 4.79 Å². The molecule has 0 bridgehead atoms. The molecule has 3 heteroatoms. The van der Waals surface area contributed by atoms with E-state index in [-0.39, 0.29) is 5.97 Å². The van der Waals surface area contributed by atoms with Crippen molar-refractivity contribution >= 4 is 5.97 Å². The Labute approximate surface area is 120 Å². The lowest BCUT2D eigenvalue weighted by Gasteiger charge is -2.10. The van der Waals surface area contributed by atoms with Crippen LogP contribution < -0.4 is 0 Å². The Morgan fingerprint density at radius 3 is 2.95 bits per heavy atom. The topological polar surface area (TPSA) is 29.3 Å². The third-order valence-corrected chi connectivity index (χ3v) is 4.20. The number of likely N-dealkylation sites (tertiary alicyclic amines) is 1. The summed E-state index contributed by atoms with van der Waals surface area (Å²) in [5.41, 5.74) is 2.60. The Morgan fingerprint density at radius 2 is 2.20 bits per heavy atom. The summed E-state index contributed by atoms with van der Waals surface area (Å²) in [6.07, 6.45) is 5.19. The van der Waals surface area contributed by atoms with Crippen molar-refractivity contribution in [3.05, 3.63) is 47.5 Å². The van der Waals surface area contributed by atoms with Crippen molar-refractivity contribution in [2.75, 3.05) is 6.61 Å². The molecule has 1 aliphatic heterocycles. The summed E-state index contributed by atoms with van der Waals surface area (Å²) in [6.45, 7) is 3.28. The first-order valence-electron chi connectivity index (χ1n) is 7.46. The molecule has 1 saturated heterocycles. The molecule has 1 saturated carbocycles. The minimum atomic E-state index is -0.185. The molecule has 0 amide bonds. The minimum absolute atomic E-state index is 0.185. The molecule has 0 spiro atoms. The van der Waals surface area contributed by atoms with Crippen LogP contribution in [0.3, 0.4) is 0 Å². The first kappa shape index (κ1) is 13.4. The van der Waals surface area contributed by atoms with Crippen LogP contribution in [0.5, 0.6) is 0 Å². The molecule has 0 radical (unpaired) electrons. The zero-order chi connectivity index (χ0) is 13.9. The molecular formula is C17H21NO2. The number of benzene rings is 1. The van der Waals surface area contributed by atoms with Crippen LogP contribution in [0.25, 0.3) is 0 Å². The largest absolute Gasteiger partial charge is 0.463 e. The molecule has 3 unspecified atom stereocenters. The standard InChI is InChI=1S/C17H21NO2/c1-2-20-16(19)11-14-9-6-10-15-17(14)18(15)12-13-7-4-3-5-8-13/h3-5,7-8,11,15,17H,2,6,9-10,12H2,1H3/b14-11-. The summed E-state index contributed by atoms with van der Waals surface area (Å²) < 4.78 is 5.03. The predicted octanol–water partition coefficient (Wildman–Crippen LogP) is 2.91. The van der Waals surface area contributed by atoms with Crippen LogP contribution in [0.2, 0.25) is 0 Å². The maximum atomic E-state index is 11.6. The number of carbonyl (C=O) groups is 1. The number of hydrogen-bond acceptors (Lipinski definition) is 3. The fraction of sp³-hybridized carbons (Fsp3) is 0.471. The molecule has 106 valence electrons. The van der Waals surface area contributed by atoms with Crippen LogP contribution in [0.4, 0.5) is 0 Å². The van der Waals surface area contributed by atoms with E-state index in [0.717, 1.165) is 13.0 Å². The van der Waals surface area contributed by atoms with Crippen LogP contribution >= 0.6 is 0 Å². The van der Waals surface area contributed by atoms with Crippen LogP contribution in [0.15, 0.2) is 42.0 Å². The van der Waals surface area contributed by atoms with E-state index in [9.17, 15) is 4.79 Å². The number of esters is 1. The molecular weight excluding hydrogens is 250 g/mol. The van der Waals surface area contributed by atoms with Crippen molar-refractivity contribution in [2.45, 2.75) is 44.8 Å². The second kappa shape index (κ2) is 5.80. The number of carbonyl (C=O) groups excluding carboxylic acids is 1. The molecule has 1 aliphatic carbocycles. The highest BCUT2D eigenvalue weighted by Gasteiger charge is 2.50. The van der Waals surface area contributed by atoms with Gasteiger partial charge in [0, 0.05) is 24.7 Å². The smallest absolute Gasteiger partial charge is 0.330 e. The van der Waals surface area contributed by atoms with E-state index in [4.69, 9.17) is 4.74 Å². The van der Waals surface area contributed by atoms with Gasteiger partial charge in [0.25, 0.3) is 0 Å². The van der Waals surface area contributed by atoms with E-state index >= 15 is 0 Å². The van der Waals surface area contributed by atoms with Gasteiger partial charge < -0.3 is 4.74 Å². The van der Waals surface area contributed by atoms with Crippen LogP contribution in [0.1, 0.15) is 31.7 Å². The molecule has 1 heterocycles. The normalized spacial score (nSPS) is 29.9. The van der Waals surface area contributed by atoms with Crippen molar-refractivity contribution < 1.29 is 9.53 Å². The number of hydrogen-bond donors (Lipinski definition) is 0. The quantitative estimate of drug-likeness (QED) is 0.479. The zero-order valence-corrected chi connectivity index (χ0v) is 11.9. The number of ether oxygens (including phenoxy) is 1. The lowest BCUT2D eigenvalue weighted by molar-refractivity contribution is -0.137. The number of nitrogens with zero attached hydrogens (tertiary/aromatic N) is 1. The first-order chi connectivity index (χ1) is 9.79. The number of fused-ring (bicyclic) bond motifs is 1. The van der Waals surface area contributed by atoms with Gasteiger partial charge in [-0.2, -0.15) is 0 Å². The second-order valence-corrected chi connectivity index (χ2v) is 5.53. The third-order valence-electron chi connectivity index (χ3n) is 4.20. The van der Waals surface area contributed by atoms with Gasteiger partial charge in [-0.1, -0.05) is 30.3 Å². The van der Waals surface area contributed by atoms with Crippen LogP contribution in [-0.2, 0) is 16.1 Å². The van der Waals surface area contributed by atoms with Gasteiger partial charge in [-0.3, -0.25) is 4.90 Å². The number of rotatable bonds is 4. The molecule has 3 nitrogen and oxygen atoms in total. The fourth-order valence-corrected chi connectivity index (χ4v) is 3.28. The van der Waals surface area contributed by atoms with Gasteiger partial charge in [-0.05, 0) is 37.3 Å². The summed E-state index contributed by atoms with van der Waals surface area (Å²) >= 11 is 0. The zero-order valence-electron chi connectivity index (χ0n) is 11.9. The SMILES string of the molecule is CCOC(=O)/C=C1/CCCC2C1N2Cc1ccccc1. The van der Waals surface area contributed by atoms with E-state index in [2.05, 4.69) is 29.2 Å². The summed E-state index contributed by atoms with van der Waals surface area (Å²) in [7, 11) is 0. The van der Waals surface area contributed by atoms with Gasteiger partial charge in [0.05, 0.1) is 6.61 Å². The van der Waals surface area contributed by atoms with Crippen molar-refractivity contribution in [3.8, 4) is 0 Å². The van der Waals surface area contributed by atoms with Gasteiger partial charge in [-0.15, -0.1) is 0 Å². The van der Waals surface area contributed by atoms with Gasteiger partial charge in [0.2, 0.25) is 0 Å². The average molecular weight is 271 g/mol. The lowest BCUT2D eigenvalue weighted by Crippen LogP contribution is -2.10. The van der Waals surface area contributed by atoms with Gasteiger partial charge >= 0.3 is 5.97 Å².